The van der Waals surface area contributed by atoms with Crippen LogP contribution in [0.1, 0.15) is 63.5 Å². The quantitative estimate of drug-likeness (QED) is 0.182. The van der Waals surface area contributed by atoms with Crippen molar-refractivity contribution in [3.8, 4) is 11.1 Å². The first-order valence-corrected chi connectivity index (χ1v) is 14.3. The summed E-state index contributed by atoms with van der Waals surface area (Å²) in [5.41, 5.74) is 3.82. The monoisotopic (exact) mass is 539 g/mol. The Hall–Kier alpha value is -3.86. The first kappa shape index (κ1) is 29.1. The van der Waals surface area contributed by atoms with Crippen LogP contribution in [0.15, 0.2) is 97.3 Å². The maximum atomic E-state index is 13.9. The Bertz CT molecular complexity index is 1250. The maximum absolute atomic E-state index is 13.9. The van der Waals surface area contributed by atoms with Gasteiger partial charge in [0.2, 0.25) is 5.91 Å². The first-order valence-electron chi connectivity index (χ1n) is 14.3. The summed E-state index contributed by atoms with van der Waals surface area (Å²) in [6, 6.07) is 28.1. The van der Waals surface area contributed by atoms with Gasteiger partial charge in [-0.05, 0) is 55.4 Å². The molecule has 1 aliphatic rings. The van der Waals surface area contributed by atoms with E-state index in [4.69, 9.17) is 9.47 Å². The molecular formula is C35H41NO4. The molecule has 1 atom stereocenters. The summed E-state index contributed by atoms with van der Waals surface area (Å²) >= 11 is 0. The van der Waals surface area contributed by atoms with Gasteiger partial charge in [-0.25, -0.2) is 0 Å². The number of amides is 1. The zero-order valence-electron chi connectivity index (χ0n) is 23.7. The van der Waals surface area contributed by atoms with Gasteiger partial charge in [-0.2, -0.15) is 0 Å². The smallest absolute Gasteiger partial charge is 0.308 e. The molecule has 3 aromatic carbocycles. The van der Waals surface area contributed by atoms with E-state index in [1.165, 1.54) is 0 Å². The summed E-state index contributed by atoms with van der Waals surface area (Å²) in [7, 11) is 0. The number of hydrogen-bond donors (Lipinski definition) is 1. The van der Waals surface area contributed by atoms with E-state index in [-0.39, 0.29) is 30.4 Å². The largest absolute Gasteiger partial charge is 0.494 e. The zero-order chi connectivity index (χ0) is 28.4. The molecule has 1 aliphatic carbocycles. The molecule has 0 aromatic heterocycles. The number of esters is 1. The molecule has 1 unspecified atom stereocenters. The van der Waals surface area contributed by atoms with Crippen LogP contribution < -0.4 is 5.32 Å². The van der Waals surface area contributed by atoms with Gasteiger partial charge in [0.1, 0.15) is 6.61 Å². The lowest BCUT2D eigenvalue weighted by atomic mass is 9.80. The topological polar surface area (TPSA) is 64.6 Å². The number of ether oxygens (including phenoxy) is 2. The van der Waals surface area contributed by atoms with Crippen molar-refractivity contribution in [2.45, 2.75) is 77.5 Å². The fourth-order valence-corrected chi connectivity index (χ4v) is 5.50. The van der Waals surface area contributed by atoms with Gasteiger partial charge in [-0.3, -0.25) is 9.59 Å². The third-order valence-corrected chi connectivity index (χ3v) is 7.52. The van der Waals surface area contributed by atoms with Crippen LogP contribution >= 0.6 is 0 Å². The van der Waals surface area contributed by atoms with E-state index in [2.05, 4.69) is 48.3 Å². The van der Waals surface area contributed by atoms with Crippen molar-refractivity contribution in [3.05, 3.63) is 108 Å². The third kappa shape index (κ3) is 8.32. The molecule has 5 nitrogen and oxygen atoms in total. The minimum absolute atomic E-state index is 0.0299. The van der Waals surface area contributed by atoms with Crippen molar-refractivity contribution in [2.24, 2.45) is 5.41 Å². The summed E-state index contributed by atoms with van der Waals surface area (Å²) in [4.78, 5) is 26.5. The first-order chi connectivity index (χ1) is 19.3. The predicted octanol–water partition coefficient (Wildman–Crippen LogP) is 7.40. The van der Waals surface area contributed by atoms with Gasteiger partial charge in [-0.1, -0.05) is 104 Å². The predicted molar refractivity (Wildman–Crippen MR) is 159 cm³/mol. The Morgan fingerprint density at radius 1 is 0.850 bits per heavy atom. The number of benzene rings is 3. The maximum Gasteiger partial charge on any atom is 0.308 e. The van der Waals surface area contributed by atoms with Gasteiger partial charge >= 0.3 is 5.97 Å². The van der Waals surface area contributed by atoms with Crippen molar-refractivity contribution >= 4 is 11.9 Å². The Kier molecular flexibility index (Phi) is 10.2. The number of nitrogens with one attached hydrogen (secondary N) is 1. The Morgan fingerprint density at radius 3 is 2.08 bits per heavy atom. The highest BCUT2D eigenvalue weighted by Gasteiger charge is 2.42. The van der Waals surface area contributed by atoms with Crippen molar-refractivity contribution in [3.63, 3.8) is 0 Å². The molecule has 1 N–H and O–H groups in total. The van der Waals surface area contributed by atoms with E-state index in [1.807, 2.05) is 62.4 Å². The van der Waals surface area contributed by atoms with Crippen LogP contribution in [-0.2, 0) is 32.1 Å². The number of carbonyl (C=O) groups excluding carboxylic acids is 2. The highest BCUT2D eigenvalue weighted by atomic mass is 16.5. The van der Waals surface area contributed by atoms with E-state index in [9.17, 15) is 9.59 Å². The van der Waals surface area contributed by atoms with E-state index in [0.717, 1.165) is 47.9 Å². The highest BCUT2D eigenvalue weighted by Crippen LogP contribution is 2.43. The second-order valence-corrected chi connectivity index (χ2v) is 11.2. The summed E-state index contributed by atoms with van der Waals surface area (Å²) in [6.45, 7) is 8.25. The molecule has 0 aliphatic heterocycles. The van der Waals surface area contributed by atoms with Crippen molar-refractivity contribution < 1.29 is 19.1 Å². The van der Waals surface area contributed by atoms with E-state index < -0.39 is 5.41 Å². The molecule has 4 rings (SSSR count). The van der Waals surface area contributed by atoms with Gasteiger partial charge in [0.05, 0.1) is 23.7 Å². The molecule has 1 amide bonds. The summed E-state index contributed by atoms with van der Waals surface area (Å²) in [6.07, 6.45) is 4.45. The van der Waals surface area contributed by atoms with Gasteiger partial charge in [0.25, 0.3) is 0 Å². The van der Waals surface area contributed by atoms with E-state index in [0.29, 0.717) is 25.2 Å². The molecule has 0 saturated heterocycles. The normalized spacial score (nSPS) is 14.9. The lowest BCUT2D eigenvalue weighted by molar-refractivity contribution is -0.148. The molecule has 0 radical (unpaired) electrons. The molecule has 5 heteroatoms. The number of rotatable bonds is 13. The number of allylic oxidation sites excluding steroid dienone is 1. The minimum Gasteiger partial charge on any atom is -0.494 e. The van der Waals surface area contributed by atoms with Crippen molar-refractivity contribution in [1.29, 1.82) is 0 Å². The molecule has 210 valence electrons. The Balaban J connectivity index is 1.44. The third-order valence-electron chi connectivity index (χ3n) is 7.52. The lowest BCUT2D eigenvalue weighted by Crippen LogP contribution is -2.46. The standard InChI is InChI=1S/C35H41NO4/c1-26(2)40-33(37)23-32(22-28-16-18-31(19-17-28)30-14-8-5-9-15-30)36-34(38)35(20-10-11-21-35)24-27(3)39-25-29-12-6-4-7-13-29/h4-9,12-19,26,32H,3,10-11,20-25H2,1-2H3,(H,36,38). The zero-order valence-corrected chi connectivity index (χ0v) is 23.7. The van der Waals surface area contributed by atoms with Crippen LogP contribution in [0.2, 0.25) is 0 Å². The summed E-state index contributed by atoms with van der Waals surface area (Å²) in [5.74, 6) is 0.281. The second-order valence-electron chi connectivity index (χ2n) is 11.2. The van der Waals surface area contributed by atoms with Gasteiger partial charge < -0.3 is 14.8 Å². The van der Waals surface area contributed by atoms with Gasteiger partial charge in [0, 0.05) is 12.5 Å². The lowest BCUT2D eigenvalue weighted by Gasteiger charge is -2.31. The van der Waals surface area contributed by atoms with Crippen LogP contribution in [0.4, 0.5) is 0 Å². The fourth-order valence-electron chi connectivity index (χ4n) is 5.50. The molecule has 0 heterocycles. The van der Waals surface area contributed by atoms with E-state index >= 15 is 0 Å². The Morgan fingerprint density at radius 2 is 1.45 bits per heavy atom. The van der Waals surface area contributed by atoms with Crippen LogP contribution in [-0.4, -0.2) is 24.0 Å². The second kappa shape index (κ2) is 14.0. The van der Waals surface area contributed by atoms with Crippen LogP contribution in [0, 0.1) is 5.41 Å². The number of carbonyl (C=O) groups is 2. The average molecular weight is 540 g/mol. The molecule has 40 heavy (non-hydrogen) atoms. The highest BCUT2D eigenvalue weighted by molar-refractivity contribution is 5.84. The SMILES string of the molecule is C=C(CC1(C(=O)NC(CC(=O)OC(C)C)Cc2ccc(-c3ccccc3)cc2)CCCC1)OCc1ccccc1. The van der Waals surface area contributed by atoms with Crippen molar-refractivity contribution in [2.75, 3.05) is 0 Å². The van der Waals surface area contributed by atoms with Crippen LogP contribution in [0.25, 0.3) is 11.1 Å². The molecule has 0 spiro atoms. The van der Waals surface area contributed by atoms with Gasteiger partial charge in [0.15, 0.2) is 0 Å². The van der Waals surface area contributed by atoms with Gasteiger partial charge in [-0.15, -0.1) is 0 Å². The molecule has 0 bridgehead atoms. The fraction of sp³-hybridized carbons (Fsp3) is 0.371. The molecule has 1 fully saturated rings. The summed E-state index contributed by atoms with van der Waals surface area (Å²) in [5, 5.41) is 3.24. The summed E-state index contributed by atoms with van der Waals surface area (Å²) < 4.78 is 11.4. The number of hydrogen-bond acceptors (Lipinski definition) is 4. The molecular weight excluding hydrogens is 498 g/mol. The average Bonchev–Trinajstić information content (AvgIpc) is 3.42. The van der Waals surface area contributed by atoms with Crippen molar-refractivity contribution in [1.82, 2.24) is 5.32 Å². The van der Waals surface area contributed by atoms with Crippen LogP contribution in [0.3, 0.4) is 0 Å². The van der Waals surface area contributed by atoms with E-state index in [1.54, 1.807) is 0 Å². The molecule has 1 saturated carbocycles. The minimum atomic E-state index is -0.578. The molecule has 3 aromatic rings. The Labute approximate surface area is 238 Å². The van der Waals surface area contributed by atoms with Crippen LogP contribution in [0.5, 0.6) is 0 Å².